The van der Waals surface area contributed by atoms with E-state index in [-0.39, 0.29) is 18.3 Å². The minimum atomic E-state index is -0.239. The fraction of sp³-hybridized carbons (Fsp3) is 0.650. The van der Waals surface area contributed by atoms with Gasteiger partial charge in [0.25, 0.3) is 5.91 Å². The SMILES string of the molecule is CN(CCNCCc1ccc(O)c2c1OCC(=O)N2)CCC1CCOCC1. The van der Waals surface area contributed by atoms with Crippen LogP contribution in [0, 0.1) is 5.92 Å². The summed E-state index contributed by atoms with van der Waals surface area (Å²) in [5.74, 6) is 1.21. The fourth-order valence-corrected chi connectivity index (χ4v) is 3.58. The van der Waals surface area contributed by atoms with Crippen LogP contribution in [-0.4, -0.2) is 69.0 Å². The molecule has 150 valence electrons. The van der Waals surface area contributed by atoms with Gasteiger partial charge >= 0.3 is 0 Å². The van der Waals surface area contributed by atoms with Crippen molar-refractivity contribution in [1.82, 2.24) is 10.2 Å². The number of phenols is 1. The second kappa shape index (κ2) is 9.92. The van der Waals surface area contributed by atoms with Crippen molar-refractivity contribution < 1.29 is 19.4 Å². The van der Waals surface area contributed by atoms with Crippen LogP contribution in [0.25, 0.3) is 0 Å². The minimum absolute atomic E-state index is 0.00516. The molecule has 0 spiro atoms. The van der Waals surface area contributed by atoms with E-state index < -0.39 is 0 Å². The highest BCUT2D eigenvalue weighted by Crippen LogP contribution is 2.39. The maximum Gasteiger partial charge on any atom is 0.262 e. The average Bonchev–Trinajstić information content (AvgIpc) is 2.69. The van der Waals surface area contributed by atoms with Crippen LogP contribution in [0.5, 0.6) is 11.5 Å². The summed E-state index contributed by atoms with van der Waals surface area (Å²) in [4.78, 5) is 13.8. The number of ether oxygens (including phenoxy) is 2. The van der Waals surface area contributed by atoms with E-state index in [9.17, 15) is 9.90 Å². The molecule has 0 aliphatic carbocycles. The van der Waals surface area contributed by atoms with Crippen LogP contribution in [0.15, 0.2) is 12.1 Å². The topological polar surface area (TPSA) is 83.1 Å². The van der Waals surface area contributed by atoms with E-state index in [1.165, 1.54) is 19.3 Å². The summed E-state index contributed by atoms with van der Waals surface area (Å²) in [6, 6.07) is 3.46. The molecule has 7 heteroatoms. The van der Waals surface area contributed by atoms with Gasteiger partial charge in [0.1, 0.15) is 11.4 Å². The monoisotopic (exact) mass is 377 g/mol. The molecule has 3 N–H and O–H groups in total. The highest BCUT2D eigenvalue weighted by atomic mass is 16.5. The van der Waals surface area contributed by atoms with Crippen molar-refractivity contribution in [2.75, 3.05) is 58.4 Å². The van der Waals surface area contributed by atoms with Crippen molar-refractivity contribution in [3.8, 4) is 11.5 Å². The van der Waals surface area contributed by atoms with E-state index in [4.69, 9.17) is 9.47 Å². The Morgan fingerprint density at radius 3 is 2.89 bits per heavy atom. The molecule has 3 rings (SSSR count). The summed E-state index contributed by atoms with van der Waals surface area (Å²) in [6.07, 6.45) is 4.43. The van der Waals surface area contributed by atoms with E-state index in [0.717, 1.165) is 57.3 Å². The van der Waals surface area contributed by atoms with Gasteiger partial charge in [0.15, 0.2) is 12.4 Å². The van der Waals surface area contributed by atoms with Gasteiger partial charge in [-0.3, -0.25) is 4.79 Å². The Labute approximate surface area is 161 Å². The molecule has 1 aromatic carbocycles. The van der Waals surface area contributed by atoms with E-state index in [1.807, 2.05) is 6.07 Å². The Bertz CT molecular complexity index is 632. The Morgan fingerprint density at radius 2 is 2.07 bits per heavy atom. The first-order chi connectivity index (χ1) is 13.1. The molecule has 2 aliphatic heterocycles. The first-order valence-corrected chi connectivity index (χ1v) is 9.88. The van der Waals surface area contributed by atoms with E-state index in [2.05, 4.69) is 22.6 Å². The minimum Gasteiger partial charge on any atom is -0.506 e. The molecule has 7 nitrogen and oxygen atoms in total. The normalized spacial score (nSPS) is 17.5. The van der Waals surface area contributed by atoms with Crippen LogP contribution in [0.2, 0.25) is 0 Å². The van der Waals surface area contributed by atoms with E-state index >= 15 is 0 Å². The van der Waals surface area contributed by atoms with Crippen LogP contribution in [-0.2, 0) is 16.0 Å². The van der Waals surface area contributed by atoms with Crippen LogP contribution in [0.1, 0.15) is 24.8 Å². The molecule has 0 unspecified atom stereocenters. The molecule has 0 aromatic heterocycles. The molecule has 1 amide bonds. The Balaban J connectivity index is 1.34. The third kappa shape index (κ3) is 5.82. The highest BCUT2D eigenvalue weighted by molar-refractivity contribution is 5.97. The van der Waals surface area contributed by atoms with Gasteiger partial charge in [-0.1, -0.05) is 6.07 Å². The zero-order valence-corrected chi connectivity index (χ0v) is 16.1. The number of rotatable bonds is 9. The lowest BCUT2D eigenvalue weighted by Gasteiger charge is -2.25. The number of amides is 1. The van der Waals surface area contributed by atoms with E-state index in [1.54, 1.807) is 6.07 Å². The first kappa shape index (κ1) is 19.9. The number of nitrogens with one attached hydrogen (secondary N) is 2. The Morgan fingerprint density at radius 1 is 1.26 bits per heavy atom. The Hall–Kier alpha value is -1.83. The maximum atomic E-state index is 11.4. The molecular weight excluding hydrogens is 346 g/mol. The fourth-order valence-electron chi connectivity index (χ4n) is 3.58. The third-order valence-corrected chi connectivity index (χ3v) is 5.33. The third-order valence-electron chi connectivity index (χ3n) is 5.33. The van der Waals surface area contributed by atoms with Crippen LogP contribution in [0.3, 0.4) is 0 Å². The molecule has 0 bridgehead atoms. The van der Waals surface area contributed by atoms with Gasteiger partial charge in [-0.15, -0.1) is 0 Å². The number of phenolic OH excluding ortho intramolecular Hbond substituents is 1. The summed E-state index contributed by atoms with van der Waals surface area (Å²) in [5, 5.41) is 16.0. The maximum absolute atomic E-state index is 11.4. The molecule has 0 saturated carbocycles. The summed E-state index contributed by atoms with van der Waals surface area (Å²) < 4.78 is 10.9. The summed E-state index contributed by atoms with van der Waals surface area (Å²) >= 11 is 0. The number of benzene rings is 1. The van der Waals surface area contributed by atoms with Crippen molar-refractivity contribution >= 4 is 11.6 Å². The molecule has 27 heavy (non-hydrogen) atoms. The number of nitrogens with zero attached hydrogens (tertiary/aromatic N) is 1. The molecule has 1 aromatic rings. The zero-order chi connectivity index (χ0) is 19.1. The lowest BCUT2D eigenvalue weighted by atomic mass is 9.96. The van der Waals surface area contributed by atoms with Crippen LogP contribution >= 0.6 is 0 Å². The summed E-state index contributed by atoms with van der Waals surface area (Å²) in [5.41, 5.74) is 1.37. The predicted molar refractivity (Wildman–Crippen MR) is 104 cm³/mol. The quantitative estimate of drug-likeness (QED) is 0.448. The number of hydrogen-bond acceptors (Lipinski definition) is 6. The Kier molecular flexibility index (Phi) is 7.32. The molecule has 1 fully saturated rings. The predicted octanol–water partition coefficient (Wildman–Crippen LogP) is 1.60. The second-order valence-corrected chi connectivity index (χ2v) is 7.43. The average molecular weight is 377 g/mol. The van der Waals surface area contributed by atoms with Gasteiger partial charge in [0, 0.05) is 26.3 Å². The number of likely N-dealkylation sites (N-methyl/N-ethyl adjacent to an activating group) is 1. The van der Waals surface area contributed by atoms with Gasteiger partial charge in [-0.2, -0.15) is 0 Å². The highest BCUT2D eigenvalue weighted by Gasteiger charge is 2.22. The van der Waals surface area contributed by atoms with Gasteiger partial charge < -0.3 is 30.1 Å². The molecule has 0 atom stereocenters. The van der Waals surface area contributed by atoms with E-state index in [0.29, 0.717) is 11.4 Å². The van der Waals surface area contributed by atoms with Crippen molar-refractivity contribution in [3.05, 3.63) is 17.7 Å². The summed E-state index contributed by atoms with van der Waals surface area (Å²) in [7, 11) is 2.17. The van der Waals surface area contributed by atoms with Gasteiger partial charge in [0.05, 0.1) is 0 Å². The largest absolute Gasteiger partial charge is 0.506 e. The lowest BCUT2D eigenvalue weighted by molar-refractivity contribution is -0.118. The number of aromatic hydroxyl groups is 1. The number of anilines is 1. The standard InChI is InChI=1S/C20H31N3O4/c1-23(10-5-15-6-12-26-13-7-15)11-9-21-8-4-16-2-3-17(24)19-20(16)27-14-18(25)22-19/h2-3,15,21,24H,4-14H2,1H3,(H,22,25). The number of carbonyl (C=O) groups excluding carboxylic acids is 1. The second-order valence-electron chi connectivity index (χ2n) is 7.43. The molecule has 0 radical (unpaired) electrons. The zero-order valence-electron chi connectivity index (χ0n) is 16.1. The lowest BCUT2D eigenvalue weighted by Crippen LogP contribution is -2.32. The number of carbonyl (C=O) groups is 1. The summed E-state index contributed by atoms with van der Waals surface area (Å²) in [6.45, 7) is 5.74. The molecule has 2 heterocycles. The van der Waals surface area contributed by atoms with Crippen molar-refractivity contribution in [2.45, 2.75) is 25.7 Å². The van der Waals surface area contributed by atoms with Crippen molar-refractivity contribution in [2.24, 2.45) is 5.92 Å². The van der Waals surface area contributed by atoms with Crippen LogP contribution < -0.4 is 15.4 Å². The van der Waals surface area contributed by atoms with Crippen LogP contribution in [0.4, 0.5) is 5.69 Å². The molecule has 1 saturated heterocycles. The molecular formula is C20H31N3O4. The molecule has 2 aliphatic rings. The van der Waals surface area contributed by atoms with Crippen molar-refractivity contribution in [1.29, 1.82) is 0 Å². The van der Waals surface area contributed by atoms with Gasteiger partial charge in [-0.05, 0) is 63.4 Å². The smallest absolute Gasteiger partial charge is 0.262 e. The number of fused-ring (bicyclic) bond motifs is 1. The number of hydrogen-bond donors (Lipinski definition) is 3. The van der Waals surface area contributed by atoms with Gasteiger partial charge in [0.2, 0.25) is 0 Å². The van der Waals surface area contributed by atoms with Gasteiger partial charge in [-0.25, -0.2) is 0 Å². The van der Waals surface area contributed by atoms with Crippen molar-refractivity contribution in [3.63, 3.8) is 0 Å². The first-order valence-electron chi connectivity index (χ1n) is 9.88.